The lowest BCUT2D eigenvalue weighted by Crippen LogP contribution is -2.52. The third kappa shape index (κ3) is 4.50. The van der Waals surface area contributed by atoms with Gasteiger partial charge in [0.05, 0.1) is 20.6 Å². The molecule has 31 heavy (non-hydrogen) atoms. The molecule has 2 aliphatic heterocycles. The zero-order chi connectivity index (χ0) is 22.0. The van der Waals surface area contributed by atoms with E-state index in [-0.39, 0.29) is 35.8 Å². The molecule has 3 atom stereocenters. The number of amides is 2. The number of nitrogens with one attached hydrogen (secondary N) is 1. The topological polar surface area (TPSA) is 67.9 Å². The molecule has 2 bridgehead atoms. The molecule has 0 radical (unpaired) electrons. The van der Waals surface area contributed by atoms with Crippen molar-refractivity contribution in [2.75, 3.05) is 14.2 Å². The van der Waals surface area contributed by atoms with Crippen molar-refractivity contribution in [1.29, 1.82) is 0 Å². The second kappa shape index (κ2) is 8.96. The van der Waals surface area contributed by atoms with Gasteiger partial charge in [-0.15, -0.1) is 0 Å². The molecule has 2 aliphatic rings. The lowest BCUT2D eigenvalue weighted by molar-refractivity contribution is -0.135. The summed E-state index contributed by atoms with van der Waals surface area (Å²) in [6.07, 6.45) is 3.68. The number of piperidine rings is 1. The molecule has 0 saturated carbocycles. The summed E-state index contributed by atoms with van der Waals surface area (Å²) in [5.74, 6) is 0.780. The molecule has 2 aromatic carbocycles. The van der Waals surface area contributed by atoms with E-state index in [1.54, 1.807) is 14.2 Å². The summed E-state index contributed by atoms with van der Waals surface area (Å²) < 4.78 is 23.7. The number of carbonyl (C=O) groups excluding carboxylic acids is 2. The molecule has 164 valence electrons. The highest BCUT2D eigenvalue weighted by molar-refractivity contribution is 5.94. The summed E-state index contributed by atoms with van der Waals surface area (Å²) >= 11 is 0. The van der Waals surface area contributed by atoms with E-state index in [0.29, 0.717) is 23.5 Å². The van der Waals surface area contributed by atoms with E-state index >= 15 is 0 Å². The van der Waals surface area contributed by atoms with Crippen LogP contribution in [0.25, 0.3) is 0 Å². The van der Waals surface area contributed by atoms with Gasteiger partial charge >= 0.3 is 0 Å². The number of ether oxygens (including phenoxy) is 2. The molecule has 1 N–H and O–H groups in total. The van der Waals surface area contributed by atoms with Crippen molar-refractivity contribution in [1.82, 2.24) is 10.2 Å². The van der Waals surface area contributed by atoms with Crippen molar-refractivity contribution >= 4 is 11.8 Å². The Labute approximate surface area is 181 Å². The first-order chi connectivity index (χ1) is 15.0. The van der Waals surface area contributed by atoms with Gasteiger partial charge in [0.25, 0.3) is 5.91 Å². The molecule has 0 spiro atoms. The van der Waals surface area contributed by atoms with Crippen LogP contribution in [0.5, 0.6) is 11.5 Å². The van der Waals surface area contributed by atoms with Crippen LogP contribution in [0.15, 0.2) is 42.5 Å². The lowest BCUT2D eigenvalue weighted by Gasteiger charge is -2.39. The number of methoxy groups -OCH3 is 2. The van der Waals surface area contributed by atoms with Crippen LogP contribution in [-0.2, 0) is 11.2 Å². The zero-order valence-electron chi connectivity index (χ0n) is 17.8. The van der Waals surface area contributed by atoms with Crippen molar-refractivity contribution in [3.63, 3.8) is 0 Å². The molecule has 2 amide bonds. The predicted molar refractivity (Wildman–Crippen MR) is 114 cm³/mol. The quantitative estimate of drug-likeness (QED) is 0.769. The maximum Gasteiger partial charge on any atom is 0.251 e. The molecule has 2 heterocycles. The maximum atomic E-state index is 13.1. The number of hydrogen-bond acceptors (Lipinski definition) is 4. The number of hydrogen-bond donors (Lipinski definition) is 1. The summed E-state index contributed by atoms with van der Waals surface area (Å²) in [5, 5.41) is 3.06. The summed E-state index contributed by atoms with van der Waals surface area (Å²) in [6.45, 7) is 0. The minimum absolute atomic E-state index is 0.0141. The Kier molecular flexibility index (Phi) is 6.11. The predicted octanol–water partition coefficient (Wildman–Crippen LogP) is 3.34. The highest BCUT2D eigenvalue weighted by Gasteiger charge is 2.43. The van der Waals surface area contributed by atoms with E-state index in [9.17, 15) is 14.0 Å². The van der Waals surface area contributed by atoms with Crippen molar-refractivity contribution in [2.24, 2.45) is 0 Å². The van der Waals surface area contributed by atoms with Crippen LogP contribution in [0.3, 0.4) is 0 Å². The van der Waals surface area contributed by atoms with Crippen LogP contribution in [0.4, 0.5) is 4.39 Å². The molecule has 1 unspecified atom stereocenters. The first-order valence-corrected chi connectivity index (χ1v) is 10.6. The minimum atomic E-state index is -0.365. The van der Waals surface area contributed by atoms with E-state index in [0.717, 1.165) is 31.2 Å². The summed E-state index contributed by atoms with van der Waals surface area (Å²) in [4.78, 5) is 27.6. The molecule has 2 aromatic rings. The molecule has 2 fully saturated rings. The number of halogens is 1. The van der Waals surface area contributed by atoms with Crippen molar-refractivity contribution in [3.8, 4) is 11.5 Å². The summed E-state index contributed by atoms with van der Waals surface area (Å²) in [5.41, 5.74) is 1.33. The third-order valence-corrected chi connectivity index (χ3v) is 6.27. The Balaban J connectivity index is 1.38. The van der Waals surface area contributed by atoms with Gasteiger partial charge < -0.3 is 19.7 Å². The van der Waals surface area contributed by atoms with Crippen LogP contribution in [0.1, 0.15) is 41.6 Å². The fourth-order valence-electron chi connectivity index (χ4n) is 4.83. The Morgan fingerprint density at radius 2 is 1.65 bits per heavy atom. The molecule has 2 saturated heterocycles. The van der Waals surface area contributed by atoms with Crippen LogP contribution >= 0.6 is 0 Å². The number of carbonyl (C=O) groups is 2. The van der Waals surface area contributed by atoms with Gasteiger partial charge in [0.2, 0.25) is 5.91 Å². The largest absolute Gasteiger partial charge is 0.493 e. The number of nitrogens with zero attached hydrogens (tertiary/aromatic N) is 1. The normalized spacial score (nSPS) is 22.2. The number of rotatable bonds is 6. The lowest BCUT2D eigenvalue weighted by atomic mass is 9.96. The van der Waals surface area contributed by atoms with Gasteiger partial charge in [0, 0.05) is 23.7 Å². The van der Waals surface area contributed by atoms with Crippen molar-refractivity contribution in [3.05, 3.63) is 59.4 Å². The first kappa shape index (κ1) is 21.2. The Morgan fingerprint density at radius 3 is 2.26 bits per heavy atom. The van der Waals surface area contributed by atoms with Crippen LogP contribution in [0, 0.1) is 5.82 Å². The van der Waals surface area contributed by atoms with Crippen LogP contribution in [-0.4, -0.2) is 49.1 Å². The molecule has 0 aliphatic carbocycles. The summed E-state index contributed by atoms with van der Waals surface area (Å²) in [7, 11) is 3.16. The molecular formula is C24H27FN2O4. The highest BCUT2D eigenvalue weighted by Crippen LogP contribution is 2.37. The molecule has 4 rings (SSSR count). The second-order valence-electron chi connectivity index (χ2n) is 8.20. The fourth-order valence-corrected chi connectivity index (χ4v) is 4.83. The minimum Gasteiger partial charge on any atom is -0.493 e. The van der Waals surface area contributed by atoms with E-state index in [1.807, 2.05) is 23.1 Å². The van der Waals surface area contributed by atoms with Gasteiger partial charge in [-0.05, 0) is 67.6 Å². The van der Waals surface area contributed by atoms with E-state index in [4.69, 9.17) is 9.47 Å². The number of fused-ring (bicyclic) bond motifs is 2. The standard InChI is InChI=1S/C24H27FN2O4/c1-30-21-10-3-15(11-22(21)31-2)12-23(28)27-19-8-9-20(27)14-18(13-19)26-24(29)16-4-6-17(25)7-5-16/h3-7,10-11,18-20H,8-9,12-14H2,1-2H3,(H,26,29)/t18?,19-,20+. The Morgan fingerprint density at radius 1 is 1.00 bits per heavy atom. The Hall–Kier alpha value is -3.09. The van der Waals surface area contributed by atoms with Gasteiger partial charge in [-0.3, -0.25) is 9.59 Å². The Bertz CT molecular complexity index is 949. The van der Waals surface area contributed by atoms with Crippen LogP contribution < -0.4 is 14.8 Å². The van der Waals surface area contributed by atoms with E-state index < -0.39 is 0 Å². The van der Waals surface area contributed by atoms with E-state index in [2.05, 4.69) is 5.32 Å². The van der Waals surface area contributed by atoms with Gasteiger partial charge in [0.15, 0.2) is 11.5 Å². The average Bonchev–Trinajstić information content (AvgIpc) is 3.04. The highest BCUT2D eigenvalue weighted by atomic mass is 19.1. The number of benzene rings is 2. The van der Waals surface area contributed by atoms with Crippen LogP contribution in [0.2, 0.25) is 0 Å². The zero-order valence-corrected chi connectivity index (χ0v) is 17.8. The van der Waals surface area contributed by atoms with Gasteiger partial charge in [-0.25, -0.2) is 4.39 Å². The van der Waals surface area contributed by atoms with Gasteiger partial charge in [-0.1, -0.05) is 6.07 Å². The molecule has 7 heteroatoms. The maximum absolute atomic E-state index is 13.1. The first-order valence-electron chi connectivity index (χ1n) is 10.6. The monoisotopic (exact) mass is 426 g/mol. The van der Waals surface area contributed by atoms with E-state index in [1.165, 1.54) is 24.3 Å². The molecule has 6 nitrogen and oxygen atoms in total. The summed E-state index contributed by atoms with van der Waals surface area (Å²) in [6, 6.07) is 11.4. The molecular weight excluding hydrogens is 399 g/mol. The van der Waals surface area contributed by atoms with Crippen molar-refractivity contribution < 1.29 is 23.5 Å². The average molecular weight is 426 g/mol. The van der Waals surface area contributed by atoms with Gasteiger partial charge in [-0.2, -0.15) is 0 Å². The van der Waals surface area contributed by atoms with Crippen molar-refractivity contribution in [2.45, 2.75) is 50.2 Å². The fraction of sp³-hybridized carbons (Fsp3) is 0.417. The van der Waals surface area contributed by atoms with Gasteiger partial charge in [0.1, 0.15) is 5.82 Å². The second-order valence-corrected chi connectivity index (χ2v) is 8.20. The SMILES string of the molecule is COc1ccc(CC(=O)N2[C@@H]3CC[C@H]2CC(NC(=O)c2ccc(F)cc2)C3)cc1OC. The molecule has 0 aromatic heterocycles. The smallest absolute Gasteiger partial charge is 0.251 e. The third-order valence-electron chi connectivity index (χ3n) is 6.27.